The van der Waals surface area contributed by atoms with E-state index in [1.54, 1.807) is 11.8 Å². The Morgan fingerprint density at radius 3 is 3.09 bits per heavy atom. The second-order valence-corrected chi connectivity index (χ2v) is 7.41. The van der Waals surface area contributed by atoms with Crippen LogP contribution in [-0.2, 0) is 6.42 Å². The Labute approximate surface area is 142 Å². The number of fused-ring (bicyclic) bond motifs is 1. The Morgan fingerprint density at radius 1 is 1.43 bits per heavy atom. The van der Waals surface area contributed by atoms with Gasteiger partial charge in [0.15, 0.2) is 5.17 Å². The lowest BCUT2D eigenvalue weighted by Gasteiger charge is -2.13. The monoisotopic (exact) mass is 323 g/mol. The van der Waals surface area contributed by atoms with E-state index in [1.165, 1.54) is 12.0 Å². The highest BCUT2D eigenvalue weighted by atomic mass is 32.2. The van der Waals surface area contributed by atoms with Gasteiger partial charge in [-0.05, 0) is 42.5 Å². The van der Waals surface area contributed by atoms with Crippen LogP contribution in [0.1, 0.15) is 25.8 Å². The van der Waals surface area contributed by atoms with Crippen LogP contribution in [0.4, 0.5) is 5.82 Å². The number of aromatic nitrogens is 1. The van der Waals surface area contributed by atoms with E-state index in [9.17, 15) is 0 Å². The number of aliphatic imine (C=N–C) groups is 1. The number of hydrogen-bond donors (Lipinski definition) is 1. The minimum Gasteiger partial charge on any atom is -0.320 e. The zero-order valence-corrected chi connectivity index (χ0v) is 14.3. The molecule has 4 heteroatoms. The number of pyridine rings is 1. The van der Waals surface area contributed by atoms with Crippen molar-refractivity contribution in [3.05, 3.63) is 47.7 Å². The molecule has 2 aliphatic rings. The number of nitrogens with zero attached hydrogens (tertiary/aromatic N) is 2. The van der Waals surface area contributed by atoms with Gasteiger partial charge in [0.25, 0.3) is 0 Å². The van der Waals surface area contributed by atoms with Crippen LogP contribution < -0.4 is 5.32 Å². The summed E-state index contributed by atoms with van der Waals surface area (Å²) in [5, 5.41) is 4.54. The Hall–Kier alpha value is -1.99. The van der Waals surface area contributed by atoms with Crippen molar-refractivity contribution in [3.8, 4) is 12.3 Å². The fourth-order valence-electron chi connectivity index (χ4n) is 2.58. The summed E-state index contributed by atoms with van der Waals surface area (Å²) in [6.45, 7) is 4.50. The predicted molar refractivity (Wildman–Crippen MR) is 99.7 cm³/mol. The molecule has 0 spiro atoms. The van der Waals surface area contributed by atoms with Crippen LogP contribution in [0.3, 0.4) is 0 Å². The zero-order chi connectivity index (χ0) is 16.2. The zero-order valence-electron chi connectivity index (χ0n) is 13.5. The summed E-state index contributed by atoms with van der Waals surface area (Å²) in [7, 11) is 0. The number of aryl methyl sites for hydroxylation is 1. The minimum atomic E-state index is 0.170. The third kappa shape index (κ3) is 4.05. The van der Waals surface area contributed by atoms with Gasteiger partial charge in [-0.1, -0.05) is 43.7 Å². The molecule has 3 rings (SSSR count). The second kappa shape index (κ2) is 7.06. The van der Waals surface area contributed by atoms with Crippen LogP contribution in [-0.4, -0.2) is 21.4 Å². The number of amidine groups is 1. The van der Waals surface area contributed by atoms with E-state index in [1.807, 2.05) is 12.3 Å². The van der Waals surface area contributed by atoms with Gasteiger partial charge in [-0.3, -0.25) is 4.99 Å². The largest absolute Gasteiger partial charge is 0.320 e. The van der Waals surface area contributed by atoms with Crippen molar-refractivity contribution in [2.24, 2.45) is 10.9 Å². The molecule has 2 heterocycles. The van der Waals surface area contributed by atoms with Gasteiger partial charge in [-0.15, -0.1) is 6.42 Å². The minimum absolute atomic E-state index is 0.170. The molecular weight excluding hydrogens is 302 g/mol. The summed E-state index contributed by atoms with van der Waals surface area (Å²) >= 11 is 1.71. The van der Waals surface area contributed by atoms with Crippen molar-refractivity contribution in [2.45, 2.75) is 38.0 Å². The molecule has 1 aromatic heterocycles. The molecule has 1 N–H and O–H groups in total. The first-order valence-electron chi connectivity index (χ1n) is 7.97. The Morgan fingerprint density at radius 2 is 2.30 bits per heavy atom. The van der Waals surface area contributed by atoms with Crippen LogP contribution in [0.15, 0.2) is 47.1 Å². The molecular formula is C19H21N3S. The first-order chi connectivity index (χ1) is 11.1. The number of thioether (sulfide) groups is 1. The van der Waals surface area contributed by atoms with Crippen LogP contribution >= 0.6 is 11.8 Å². The number of allylic oxidation sites excluding steroid dienone is 2. The lowest BCUT2D eigenvalue weighted by molar-refractivity contribution is 0.586. The first kappa shape index (κ1) is 15.9. The summed E-state index contributed by atoms with van der Waals surface area (Å²) in [6, 6.07) is 4.37. The van der Waals surface area contributed by atoms with Gasteiger partial charge in [0.05, 0.1) is 11.3 Å². The second-order valence-electron chi connectivity index (χ2n) is 6.24. The van der Waals surface area contributed by atoms with E-state index in [-0.39, 0.29) is 11.3 Å². The number of rotatable bonds is 4. The van der Waals surface area contributed by atoms with E-state index in [4.69, 9.17) is 11.4 Å². The molecule has 2 unspecified atom stereocenters. The topological polar surface area (TPSA) is 37.3 Å². The molecule has 0 fully saturated rings. The Kier molecular flexibility index (Phi) is 4.88. The van der Waals surface area contributed by atoms with Crippen molar-refractivity contribution in [1.82, 2.24) is 4.98 Å². The summed E-state index contributed by atoms with van der Waals surface area (Å²) in [6.07, 6.45) is 15.8. The number of hydrogen-bond acceptors (Lipinski definition) is 4. The average Bonchev–Trinajstić information content (AvgIpc) is 2.94. The maximum atomic E-state index is 5.47. The van der Waals surface area contributed by atoms with Gasteiger partial charge in [0.1, 0.15) is 5.82 Å². The molecule has 118 valence electrons. The molecule has 0 aromatic carbocycles. The molecule has 2 atom stereocenters. The van der Waals surface area contributed by atoms with Gasteiger partial charge >= 0.3 is 0 Å². The van der Waals surface area contributed by atoms with Crippen LogP contribution in [0.25, 0.3) is 0 Å². The molecule has 1 aliphatic carbocycles. The highest BCUT2D eigenvalue weighted by Crippen LogP contribution is 2.32. The van der Waals surface area contributed by atoms with Gasteiger partial charge < -0.3 is 5.32 Å². The van der Waals surface area contributed by atoms with Gasteiger partial charge in [-0.25, -0.2) is 4.98 Å². The van der Waals surface area contributed by atoms with E-state index in [2.05, 4.69) is 54.4 Å². The highest BCUT2D eigenvalue weighted by molar-refractivity contribution is 8.15. The number of nitrogens with one attached hydrogen (secondary N) is 1. The lowest BCUT2D eigenvalue weighted by Crippen LogP contribution is -2.15. The van der Waals surface area contributed by atoms with E-state index in [0.717, 1.165) is 23.0 Å². The smallest absolute Gasteiger partial charge is 0.163 e. The third-order valence-corrected chi connectivity index (χ3v) is 5.02. The normalized spacial score (nSPS) is 22.3. The number of anilines is 1. The van der Waals surface area contributed by atoms with Crippen LogP contribution in [0, 0.1) is 18.3 Å². The van der Waals surface area contributed by atoms with Crippen molar-refractivity contribution in [3.63, 3.8) is 0 Å². The fourth-order valence-corrected chi connectivity index (χ4v) is 3.69. The Bertz CT molecular complexity index is 710. The molecule has 0 radical (unpaired) electrons. The van der Waals surface area contributed by atoms with Crippen molar-refractivity contribution in [1.29, 1.82) is 0 Å². The van der Waals surface area contributed by atoms with Gasteiger partial charge in [-0.2, -0.15) is 0 Å². The van der Waals surface area contributed by atoms with Crippen LogP contribution in [0.2, 0.25) is 0 Å². The molecule has 1 aromatic rings. The predicted octanol–water partition coefficient (Wildman–Crippen LogP) is 4.05. The SMILES string of the molecule is C#CC1=CC2SC(Nc3cc(CCC(C)C)ccn3)=NC2C=C1. The fraction of sp³-hybridized carbons (Fsp3) is 0.368. The summed E-state index contributed by atoms with van der Waals surface area (Å²) in [4.78, 5) is 9.11. The molecule has 0 amide bonds. The van der Waals surface area contributed by atoms with E-state index < -0.39 is 0 Å². The maximum absolute atomic E-state index is 5.47. The highest BCUT2D eigenvalue weighted by Gasteiger charge is 2.29. The summed E-state index contributed by atoms with van der Waals surface area (Å²) < 4.78 is 0. The molecule has 3 nitrogen and oxygen atoms in total. The van der Waals surface area contributed by atoms with Gasteiger partial charge in [0, 0.05) is 11.8 Å². The van der Waals surface area contributed by atoms with E-state index >= 15 is 0 Å². The standard InChI is InChI=1S/C19H21N3S/c1-4-14-7-8-16-17(11-14)23-19(21-16)22-18-12-15(9-10-20-18)6-5-13(2)3/h1,7-13,16-17H,5-6H2,2-3H3,(H,20,21,22). The van der Waals surface area contributed by atoms with Crippen molar-refractivity contribution in [2.75, 3.05) is 5.32 Å². The van der Waals surface area contributed by atoms with E-state index in [0.29, 0.717) is 5.92 Å². The van der Waals surface area contributed by atoms with Crippen molar-refractivity contribution >= 4 is 22.7 Å². The molecule has 0 saturated heterocycles. The average molecular weight is 323 g/mol. The molecule has 0 bridgehead atoms. The number of terminal acetylenes is 1. The summed E-state index contributed by atoms with van der Waals surface area (Å²) in [5.41, 5.74) is 2.25. The van der Waals surface area contributed by atoms with Gasteiger partial charge in [0.2, 0.25) is 0 Å². The quantitative estimate of drug-likeness (QED) is 0.849. The Balaban J connectivity index is 1.65. The summed E-state index contributed by atoms with van der Waals surface area (Å²) in [5.74, 6) is 4.26. The van der Waals surface area contributed by atoms with Crippen LogP contribution in [0.5, 0.6) is 0 Å². The lowest BCUT2D eigenvalue weighted by atomic mass is 10.0. The molecule has 0 saturated carbocycles. The van der Waals surface area contributed by atoms with Crippen molar-refractivity contribution < 1.29 is 0 Å². The molecule has 23 heavy (non-hydrogen) atoms. The first-order valence-corrected chi connectivity index (χ1v) is 8.85. The third-order valence-electron chi connectivity index (χ3n) is 3.90. The maximum Gasteiger partial charge on any atom is 0.163 e. The molecule has 1 aliphatic heterocycles.